The first-order valence-corrected chi connectivity index (χ1v) is 27.5. The van der Waals surface area contributed by atoms with Gasteiger partial charge in [-0.05, 0) is 145 Å². The molecule has 9 aromatic rings. The number of anilines is 4. The van der Waals surface area contributed by atoms with Crippen molar-refractivity contribution < 1.29 is 32.7 Å². The fourth-order valence-electron chi connectivity index (χ4n) is 11.4. The molecular formula is C72H77N4OPt-3. The number of nitrogens with zero attached hydrogens (tertiary/aromatic N) is 4. The summed E-state index contributed by atoms with van der Waals surface area (Å²) in [5, 5.41) is 2.14. The molecule has 3 heterocycles. The van der Waals surface area contributed by atoms with Gasteiger partial charge >= 0.3 is 0 Å². The van der Waals surface area contributed by atoms with Crippen LogP contribution >= 0.6 is 0 Å². The molecule has 0 N–H and O–H groups in total. The molecule has 0 spiro atoms. The van der Waals surface area contributed by atoms with Crippen LogP contribution in [0.1, 0.15) is 157 Å². The third kappa shape index (κ3) is 10.1. The summed E-state index contributed by atoms with van der Waals surface area (Å²) in [6.45, 7) is 34.1. The van der Waals surface area contributed by atoms with Gasteiger partial charge < -0.3 is 19.1 Å². The van der Waals surface area contributed by atoms with Crippen molar-refractivity contribution in [2.45, 2.75) is 150 Å². The third-order valence-electron chi connectivity index (χ3n) is 15.8. The number of pyridine rings is 1. The molecule has 0 amide bonds. The molecule has 0 saturated heterocycles. The minimum atomic E-state index is -1.80. The number of fused-ring (bicyclic) bond motifs is 5. The molecule has 5 nitrogen and oxygen atoms in total. The molecule has 0 unspecified atom stereocenters. The van der Waals surface area contributed by atoms with Crippen molar-refractivity contribution in [3.63, 3.8) is 0 Å². The SMILES string of the molecule is [2H]c1c([2H])c(C(C)(C)C)c([2H])c(C(C)(C)C)c1-c1cc(C([2H])([2H])C(C)C)cc(-c2ccc3c(c2)C(C)(C)CCC3(C)C)c1N1[CH-]N(c2[c-]c(Oc3[c-]c4c(cc3)c3ccccc3n4-c3cc(C(C)(C)C)ccn3)ccc2)c2ccccc21.[Pt]. The van der Waals surface area contributed by atoms with Gasteiger partial charge in [-0.3, -0.25) is 0 Å². The average molecular weight is 1210 g/mol. The molecule has 78 heavy (non-hydrogen) atoms. The van der Waals surface area contributed by atoms with E-state index in [4.69, 9.17) is 9.72 Å². The molecule has 2 aromatic heterocycles. The Morgan fingerprint density at radius 1 is 0.654 bits per heavy atom. The van der Waals surface area contributed by atoms with Crippen LogP contribution in [0.5, 0.6) is 11.5 Å². The van der Waals surface area contributed by atoms with Crippen LogP contribution in [0.3, 0.4) is 0 Å². The largest absolute Gasteiger partial charge is 0.509 e. The van der Waals surface area contributed by atoms with Gasteiger partial charge in [-0.15, -0.1) is 48.1 Å². The first-order chi connectivity index (χ1) is 38.4. The van der Waals surface area contributed by atoms with Crippen LogP contribution in [0.15, 0.2) is 146 Å². The zero-order valence-electron chi connectivity index (χ0n) is 53.2. The summed E-state index contributed by atoms with van der Waals surface area (Å²) in [7, 11) is 0. The predicted octanol–water partition coefficient (Wildman–Crippen LogP) is 19.8. The maximum absolute atomic E-state index is 10.2. The maximum atomic E-state index is 10.2. The minimum absolute atomic E-state index is 0. The van der Waals surface area contributed by atoms with E-state index in [0.29, 0.717) is 45.0 Å². The van der Waals surface area contributed by atoms with E-state index in [9.17, 15) is 6.85 Å². The Balaban J connectivity index is 0.00000769. The Morgan fingerprint density at radius 2 is 1.32 bits per heavy atom. The second-order valence-corrected chi connectivity index (χ2v) is 26.2. The topological polar surface area (TPSA) is 33.5 Å². The fourth-order valence-corrected chi connectivity index (χ4v) is 11.4. The Morgan fingerprint density at radius 3 is 2.03 bits per heavy atom. The molecule has 1 aliphatic carbocycles. The van der Waals surface area contributed by atoms with Crippen LogP contribution in [-0.4, -0.2) is 9.55 Å². The van der Waals surface area contributed by atoms with Crippen molar-refractivity contribution in [1.29, 1.82) is 0 Å². The number of hydrogen-bond donors (Lipinski definition) is 0. The molecular weight excluding hydrogens is 1130 g/mol. The van der Waals surface area contributed by atoms with E-state index in [1.54, 1.807) is 0 Å². The standard InChI is InChI=1S/C72H77N4O.Pt/c1-46(2)37-47-38-57(48-27-32-59-61(40-48)72(14,15)35-34-71(59,12)13)67(58(39-47)54-30-28-49(68(3,4)5)41-60(54)70(9,10)11)75-45-74(63-25-18-19-26-64(63)75)51-21-20-22-52(43-51)77-53-29-31-56-55-23-16-17-24-62(55)76(65(56)44-53)66-42-50(33-36-73-66)69(6,7)8;/h16-33,36,38-42,45-46H,34-35,37H2,1-15H3;/q-3;/i28D,30D,37D2,41D;. The van der Waals surface area contributed by atoms with E-state index in [1.807, 2.05) is 89.3 Å². The monoisotopic (exact) mass is 1210 g/mol. The molecule has 2 aliphatic rings. The molecule has 0 bridgehead atoms. The molecule has 6 heteroatoms. The molecule has 404 valence electrons. The van der Waals surface area contributed by atoms with Crippen LogP contribution in [0.4, 0.5) is 22.7 Å². The van der Waals surface area contributed by atoms with Gasteiger partial charge in [0.05, 0.1) is 4.11 Å². The first kappa shape index (κ1) is 48.7. The second-order valence-electron chi connectivity index (χ2n) is 26.2. The Hall–Kier alpha value is -6.42. The van der Waals surface area contributed by atoms with E-state index < -0.39 is 23.1 Å². The van der Waals surface area contributed by atoms with Gasteiger partial charge in [0.15, 0.2) is 0 Å². The average Bonchev–Trinajstić information content (AvgIpc) is 1.93. The third-order valence-corrected chi connectivity index (χ3v) is 15.8. The first-order valence-electron chi connectivity index (χ1n) is 30.0. The van der Waals surface area contributed by atoms with Crippen LogP contribution < -0.4 is 14.5 Å². The van der Waals surface area contributed by atoms with E-state index in [1.165, 1.54) is 16.7 Å². The summed E-state index contributed by atoms with van der Waals surface area (Å²) < 4.78 is 58.6. The molecule has 1 aliphatic heterocycles. The number of aromatic nitrogens is 2. The van der Waals surface area contributed by atoms with Crippen LogP contribution in [0, 0.1) is 24.7 Å². The number of rotatable bonds is 9. The van der Waals surface area contributed by atoms with Crippen molar-refractivity contribution in [1.82, 2.24) is 9.55 Å². The van der Waals surface area contributed by atoms with E-state index >= 15 is 0 Å². The number of benzene rings is 7. The molecule has 7 aromatic carbocycles. The van der Waals surface area contributed by atoms with Gasteiger partial charge in [-0.2, -0.15) is 12.1 Å². The van der Waals surface area contributed by atoms with Gasteiger partial charge in [0.1, 0.15) is 5.82 Å². The van der Waals surface area contributed by atoms with E-state index in [-0.39, 0.29) is 55.4 Å². The summed E-state index contributed by atoms with van der Waals surface area (Å²) in [4.78, 5) is 9.16. The maximum Gasteiger partial charge on any atom is 0.135 e. The summed E-state index contributed by atoms with van der Waals surface area (Å²) in [6, 6.07) is 49.1. The Bertz CT molecular complexity index is 4020. The zero-order chi connectivity index (χ0) is 59.0. The normalized spacial score (nSPS) is 16.3. The van der Waals surface area contributed by atoms with Crippen molar-refractivity contribution in [2.75, 3.05) is 9.80 Å². The van der Waals surface area contributed by atoms with Crippen molar-refractivity contribution in [3.05, 3.63) is 198 Å². The van der Waals surface area contributed by atoms with Gasteiger partial charge in [0.25, 0.3) is 0 Å². The van der Waals surface area contributed by atoms with Gasteiger partial charge in [-0.25, -0.2) is 4.98 Å². The summed E-state index contributed by atoms with van der Waals surface area (Å²) in [6.07, 6.45) is 2.15. The minimum Gasteiger partial charge on any atom is -0.509 e. The zero-order valence-corrected chi connectivity index (χ0v) is 50.5. The number of hydrogen-bond acceptors (Lipinski definition) is 4. The molecule has 0 saturated carbocycles. The fraction of sp³-hybridized carbons (Fsp3) is 0.333. The van der Waals surface area contributed by atoms with E-state index in [0.717, 1.165) is 68.7 Å². The van der Waals surface area contributed by atoms with Crippen LogP contribution in [0.25, 0.3) is 49.9 Å². The van der Waals surface area contributed by atoms with Crippen LogP contribution in [0.2, 0.25) is 0 Å². The summed E-state index contributed by atoms with van der Waals surface area (Å²) in [5.41, 5.74) is 11.7. The summed E-state index contributed by atoms with van der Waals surface area (Å²) >= 11 is 0. The molecule has 11 rings (SSSR count). The number of para-hydroxylation sites is 3. The molecule has 0 fully saturated rings. The quantitative estimate of drug-likeness (QED) is 0.135. The summed E-state index contributed by atoms with van der Waals surface area (Å²) in [5.74, 6) is 1.42. The van der Waals surface area contributed by atoms with Gasteiger partial charge in [-0.1, -0.05) is 176 Å². The van der Waals surface area contributed by atoms with Crippen molar-refractivity contribution in [2.24, 2.45) is 5.92 Å². The van der Waals surface area contributed by atoms with Crippen LogP contribution in [-0.2, 0) is 54.5 Å². The van der Waals surface area contributed by atoms with Gasteiger partial charge in [0, 0.05) is 75.2 Å². The number of ether oxygens (including phenoxy) is 1. The Labute approximate surface area is 487 Å². The van der Waals surface area contributed by atoms with Gasteiger partial charge in [0.2, 0.25) is 0 Å². The second kappa shape index (κ2) is 20.0. The predicted molar refractivity (Wildman–Crippen MR) is 325 cm³/mol. The smallest absolute Gasteiger partial charge is 0.135 e. The molecule has 0 radical (unpaired) electrons. The van der Waals surface area contributed by atoms with Crippen molar-refractivity contribution >= 4 is 44.6 Å². The Kier molecular flexibility index (Phi) is 12.5. The molecule has 0 atom stereocenters. The van der Waals surface area contributed by atoms with Crippen molar-refractivity contribution in [3.8, 4) is 39.6 Å². The van der Waals surface area contributed by atoms with E-state index in [2.05, 4.69) is 175 Å².